The van der Waals surface area contributed by atoms with Gasteiger partial charge >= 0.3 is 5.97 Å². The lowest BCUT2D eigenvalue weighted by molar-refractivity contribution is 0.0387. The minimum Gasteiger partial charge on any atom is -0.454 e. The Balaban J connectivity index is 1.94. The number of esters is 1. The van der Waals surface area contributed by atoms with E-state index in [1.165, 1.54) is 0 Å². The van der Waals surface area contributed by atoms with E-state index < -0.39 is 5.91 Å². The average molecular weight is 267 g/mol. The molecule has 1 atom stereocenters. The molecular weight excluding hydrogens is 254 g/mol. The second kappa shape index (κ2) is 4.81. The van der Waals surface area contributed by atoms with Crippen molar-refractivity contribution < 1.29 is 14.3 Å². The topological polar surface area (TPSA) is 69.4 Å². The van der Waals surface area contributed by atoms with Gasteiger partial charge in [-0.25, -0.2) is 4.79 Å². The van der Waals surface area contributed by atoms with Crippen LogP contribution in [0.25, 0.3) is 0 Å². The van der Waals surface area contributed by atoms with Crippen molar-refractivity contribution in [3.8, 4) is 0 Å². The fourth-order valence-corrected chi connectivity index (χ4v) is 2.51. The molecule has 4 heteroatoms. The van der Waals surface area contributed by atoms with Gasteiger partial charge in [0.05, 0.1) is 5.56 Å². The van der Waals surface area contributed by atoms with Gasteiger partial charge in [0.2, 0.25) is 5.91 Å². The predicted molar refractivity (Wildman–Crippen MR) is 73.3 cm³/mol. The predicted octanol–water partition coefficient (Wildman–Crippen LogP) is 2.24. The molecule has 100 valence electrons. The molecular formula is C16H13NO3. The van der Waals surface area contributed by atoms with Crippen molar-refractivity contribution in [2.75, 3.05) is 0 Å². The number of hydrogen-bond donors (Lipinski definition) is 1. The number of nitrogens with two attached hydrogens (primary N) is 1. The normalized spacial score (nSPS) is 16.6. The number of amides is 1. The molecule has 1 aliphatic rings. The Morgan fingerprint density at radius 2 is 1.80 bits per heavy atom. The van der Waals surface area contributed by atoms with Gasteiger partial charge in [-0.15, -0.1) is 0 Å². The second-order valence-electron chi connectivity index (χ2n) is 4.71. The number of ether oxygens (including phenoxy) is 1. The highest BCUT2D eigenvalue weighted by Gasteiger charge is 2.31. The highest BCUT2D eigenvalue weighted by molar-refractivity contribution is 5.95. The van der Waals surface area contributed by atoms with Gasteiger partial charge in [0, 0.05) is 17.5 Å². The molecule has 2 N–H and O–H groups in total. The summed E-state index contributed by atoms with van der Waals surface area (Å²) in [5.41, 5.74) is 8.07. The van der Waals surface area contributed by atoms with Gasteiger partial charge in [0.25, 0.3) is 0 Å². The molecule has 1 heterocycles. The summed E-state index contributed by atoms with van der Waals surface area (Å²) in [5.74, 6) is -0.791. The van der Waals surface area contributed by atoms with Crippen LogP contribution in [-0.4, -0.2) is 11.9 Å². The maximum atomic E-state index is 11.8. The summed E-state index contributed by atoms with van der Waals surface area (Å²) in [4.78, 5) is 23.2. The zero-order valence-electron chi connectivity index (χ0n) is 10.7. The molecule has 3 rings (SSSR count). The van der Waals surface area contributed by atoms with Crippen molar-refractivity contribution in [3.63, 3.8) is 0 Å². The maximum Gasteiger partial charge on any atom is 0.339 e. The van der Waals surface area contributed by atoms with E-state index in [1.54, 1.807) is 24.3 Å². The molecule has 1 unspecified atom stereocenters. The van der Waals surface area contributed by atoms with Crippen molar-refractivity contribution in [1.82, 2.24) is 0 Å². The molecule has 0 saturated carbocycles. The summed E-state index contributed by atoms with van der Waals surface area (Å²) in [6.07, 6.45) is 0.0844. The SMILES string of the molecule is NC(=O)c1ccccc1CC1OC(=O)c2ccccc21. The van der Waals surface area contributed by atoms with Gasteiger partial charge in [-0.2, -0.15) is 0 Å². The highest BCUT2D eigenvalue weighted by Crippen LogP contribution is 2.33. The van der Waals surface area contributed by atoms with Crippen LogP contribution in [-0.2, 0) is 11.2 Å². The van der Waals surface area contributed by atoms with Gasteiger partial charge in [0.15, 0.2) is 0 Å². The van der Waals surface area contributed by atoms with Crippen LogP contribution in [0.2, 0.25) is 0 Å². The van der Waals surface area contributed by atoms with Crippen LogP contribution in [0.4, 0.5) is 0 Å². The number of carbonyl (C=O) groups is 2. The van der Waals surface area contributed by atoms with Crippen LogP contribution < -0.4 is 5.73 Å². The lowest BCUT2D eigenvalue weighted by atomic mass is 9.96. The summed E-state index contributed by atoms with van der Waals surface area (Å²) in [5, 5.41) is 0. The fraction of sp³-hybridized carbons (Fsp3) is 0.125. The molecule has 0 aromatic heterocycles. The first-order valence-electron chi connectivity index (χ1n) is 6.34. The quantitative estimate of drug-likeness (QED) is 0.867. The van der Waals surface area contributed by atoms with E-state index >= 15 is 0 Å². The van der Waals surface area contributed by atoms with Crippen LogP contribution in [0, 0.1) is 0 Å². The summed E-state index contributed by atoms with van der Waals surface area (Å²) < 4.78 is 5.38. The van der Waals surface area contributed by atoms with Crippen LogP contribution in [0.3, 0.4) is 0 Å². The van der Waals surface area contributed by atoms with E-state index in [2.05, 4.69) is 0 Å². The third-order valence-corrected chi connectivity index (χ3v) is 3.47. The smallest absolute Gasteiger partial charge is 0.339 e. The number of primary amides is 1. The van der Waals surface area contributed by atoms with Gasteiger partial charge in [-0.05, 0) is 17.7 Å². The van der Waals surface area contributed by atoms with E-state index in [4.69, 9.17) is 10.5 Å². The van der Waals surface area contributed by atoms with Crippen molar-refractivity contribution in [1.29, 1.82) is 0 Å². The lowest BCUT2D eigenvalue weighted by Gasteiger charge is -2.12. The zero-order chi connectivity index (χ0) is 14.1. The van der Waals surface area contributed by atoms with Crippen LogP contribution in [0.15, 0.2) is 48.5 Å². The highest BCUT2D eigenvalue weighted by atomic mass is 16.5. The number of carbonyl (C=O) groups excluding carboxylic acids is 2. The van der Waals surface area contributed by atoms with Gasteiger partial charge in [0.1, 0.15) is 6.10 Å². The molecule has 0 bridgehead atoms. The minimum absolute atomic E-state index is 0.317. The zero-order valence-corrected chi connectivity index (χ0v) is 10.7. The van der Waals surface area contributed by atoms with Crippen molar-refractivity contribution in [2.45, 2.75) is 12.5 Å². The van der Waals surface area contributed by atoms with E-state index in [0.717, 1.165) is 11.1 Å². The third kappa shape index (κ3) is 2.05. The first-order chi connectivity index (χ1) is 9.66. The fourth-order valence-electron chi connectivity index (χ4n) is 2.51. The molecule has 0 saturated heterocycles. The molecule has 1 amide bonds. The summed E-state index contributed by atoms with van der Waals surface area (Å²) in [6.45, 7) is 0. The largest absolute Gasteiger partial charge is 0.454 e. The van der Waals surface area contributed by atoms with Crippen LogP contribution >= 0.6 is 0 Å². The monoisotopic (exact) mass is 267 g/mol. The van der Waals surface area contributed by atoms with Crippen molar-refractivity contribution in [3.05, 3.63) is 70.8 Å². The lowest BCUT2D eigenvalue weighted by Crippen LogP contribution is -2.15. The van der Waals surface area contributed by atoms with E-state index in [-0.39, 0.29) is 12.1 Å². The standard InChI is InChI=1S/C16H13NO3/c17-15(18)11-6-2-1-5-10(11)9-14-12-7-3-4-8-13(12)16(19)20-14/h1-8,14H,9H2,(H2,17,18). The Labute approximate surface area is 116 Å². The Hall–Kier alpha value is -2.62. The maximum absolute atomic E-state index is 11.8. The van der Waals surface area contributed by atoms with Gasteiger partial charge in [-0.1, -0.05) is 36.4 Å². The van der Waals surface area contributed by atoms with E-state index in [1.807, 2.05) is 24.3 Å². The molecule has 4 nitrogen and oxygen atoms in total. The number of fused-ring (bicyclic) bond motifs is 1. The van der Waals surface area contributed by atoms with Gasteiger partial charge < -0.3 is 10.5 Å². The number of hydrogen-bond acceptors (Lipinski definition) is 3. The molecule has 0 radical (unpaired) electrons. The molecule has 2 aromatic carbocycles. The van der Waals surface area contributed by atoms with E-state index in [0.29, 0.717) is 17.5 Å². The number of rotatable bonds is 3. The van der Waals surface area contributed by atoms with Gasteiger partial charge in [-0.3, -0.25) is 4.79 Å². The summed E-state index contributed by atoms with van der Waals surface area (Å²) in [6, 6.07) is 14.4. The molecule has 20 heavy (non-hydrogen) atoms. The van der Waals surface area contributed by atoms with Crippen molar-refractivity contribution >= 4 is 11.9 Å². The Bertz CT molecular complexity index is 694. The van der Waals surface area contributed by atoms with Crippen LogP contribution in [0.1, 0.15) is 37.9 Å². The first-order valence-corrected chi connectivity index (χ1v) is 6.34. The number of benzene rings is 2. The minimum atomic E-state index is -0.474. The molecule has 1 aliphatic heterocycles. The van der Waals surface area contributed by atoms with E-state index in [9.17, 15) is 9.59 Å². The summed E-state index contributed by atoms with van der Waals surface area (Å²) >= 11 is 0. The Kier molecular flexibility index (Phi) is 2.99. The van der Waals surface area contributed by atoms with Crippen LogP contribution in [0.5, 0.6) is 0 Å². The molecule has 0 spiro atoms. The summed E-state index contributed by atoms with van der Waals surface area (Å²) in [7, 11) is 0. The average Bonchev–Trinajstić information content (AvgIpc) is 2.76. The second-order valence-corrected chi connectivity index (χ2v) is 4.71. The molecule has 0 fully saturated rings. The first kappa shape index (κ1) is 12.4. The Morgan fingerprint density at radius 1 is 1.10 bits per heavy atom. The number of cyclic esters (lactones) is 1. The Morgan fingerprint density at radius 3 is 2.60 bits per heavy atom. The molecule has 0 aliphatic carbocycles. The van der Waals surface area contributed by atoms with Crippen molar-refractivity contribution in [2.24, 2.45) is 5.73 Å². The molecule has 2 aromatic rings. The third-order valence-electron chi connectivity index (χ3n) is 3.47.